The first-order chi connectivity index (χ1) is 9.12. The molecule has 0 heterocycles. The van der Waals surface area contributed by atoms with Crippen molar-refractivity contribution in [1.82, 2.24) is 0 Å². The Bertz CT molecular complexity index is 211. The van der Waals surface area contributed by atoms with Gasteiger partial charge >= 0.3 is 133 Å². The monoisotopic (exact) mass is 321 g/mol. The van der Waals surface area contributed by atoms with Gasteiger partial charge in [-0.3, -0.25) is 0 Å². The van der Waals surface area contributed by atoms with Crippen molar-refractivity contribution >= 4 is 5.13 Å². The Labute approximate surface area is 132 Å². The van der Waals surface area contributed by atoms with Crippen molar-refractivity contribution < 1.29 is 24.5 Å². The predicted octanol–water partition coefficient (Wildman–Crippen LogP) is 6.53. The van der Waals surface area contributed by atoms with Gasteiger partial charge in [-0.2, -0.15) is 0 Å². The van der Waals surface area contributed by atoms with E-state index in [0.717, 1.165) is 12.3 Å². The molecule has 0 unspecified atom stereocenters. The second-order valence-electron chi connectivity index (χ2n) is 5.87. The normalized spacial score (nSPS) is 11.8. The van der Waals surface area contributed by atoms with E-state index in [2.05, 4.69) is 13.8 Å². The van der Waals surface area contributed by atoms with E-state index in [9.17, 15) is 4.57 Å². The van der Waals surface area contributed by atoms with E-state index in [1.807, 2.05) is 19.9 Å². The first kappa shape index (κ1) is 19.9. The molecule has 0 radical (unpaired) electrons. The maximum atomic E-state index is 12.4. The van der Waals surface area contributed by atoms with Gasteiger partial charge in [0.25, 0.3) is 0 Å². The first-order valence-electron chi connectivity index (χ1n) is 8.45. The summed E-state index contributed by atoms with van der Waals surface area (Å²) < 4.78 is 12.4. The number of hydrogen-bond acceptors (Lipinski definition) is 1. The van der Waals surface area contributed by atoms with Crippen molar-refractivity contribution in [2.45, 2.75) is 90.9 Å². The molecular formula is C16H34OPTi. The Balaban J connectivity index is 3.39. The minimum absolute atomic E-state index is 0.994. The molecule has 19 heavy (non-hydrogen) atoms. The van der Waals surface area contributed by atoms with Crippen molar-refractivity contribution in [1.29, 1.82) is 0 Å². The summed E-state index contributed by atoms with van der Waals surface area (Å²) in [6.45, 7) is 4.50. The van der Waals surface area contributed by atoms with Crippen LogP contribution in [0.4, 0.5) is 0 Å². The van der Waals surface area contributed by atoms with Gasteiger partial charge in [-0.15, -0.1) is 0 Å². The summed E-state index contributed by atoms with van der Waals surface area (Å²) in [5.74, 6) is 0. The SMILES string of the molecule is CCCCCCCC[P](=O)([Ti])CCCCCCCC. The molecule has 0 aromatic rings. The van der Waals surface area contributed by atoms with Crippen LogP contribution >= 0.6 is 5.13 Å². The zero-order valence-electron chi connectivity index (χ0n) is 13.3. The number of unbranched alkanes of at least 4 members (excludes halogenated alkanes) is 10. The molecule has 0 bridgehead atoms. The fourth-order valence-electron chi connectivity index (χ4n) is 2.41. The molecule has 1 nitrogen and oxygen atoms in total. The van der Waals surface area contributed by atoms with Gasteiger partial charge in [0.15, 0.2) is 0 Å². The van der Waals surface area contributed by atoms with Crippen molar-refractivity contribution in [2.24, 2.45) is 0 Å². The third kappa shape index (κ3) is 15.2. The maximum absolute atomic E-state index is 12.4. The molecule has 0 atom stereocenters. The molecule has 0 saturated carbocycles. The van der Waals surface area contributed by atoms with Crippen LogP contribution in [0, 0.1) is 0 Å². The second-order valence-corrected chi connectivity index (χ2v) is 12.4. The summed E-state index contributed by atoms with van der Waals surface area (Å²) >= 11 is 2.03. The average molecular weight is 321 g/mol. The molecule has 0 aromatic heterocycles. The summed E-state index contributed by atoms with van der Waals surface area (Å²) in [6.07, 6.45) is 17.7. The van der Waals surface area contributed by atoms with E-state index in [0.29, 0.717) is 0 Å². The van der Waals surface area contributed by atoms with E-state index in [-0.39, 0.29) is 0 Å². The van der Waals surface area contributed by atoms with Crippen molar-refractivity contribution in [3.8, 4) is 0 Å². The molecule has 0 N–H and O–H groups in total. The van der Waals surface area contributed by atoms with Crippen LogP contribution in [0.5, 0.6) is 0 Å². The molecule has 0 fully saturated rings. The van der Waals surface area contributed by atoms with Crippen LogP contribution in [0.25, 0.3) is 0 Å². The van der Waals surface area contributed by atoms with E-state index >= 15 is 0 Å². The van der Waals surface area contributed by atoms with Crippen LogP contribution in [0.2, 0.25) is 0 Å². The Morgan fingerprint density at radius 2 is 0.947 bits per heavy atom. The van der Waals surface area contributed by atoms with Crippen LogP contribution in [0.1, 0.15) is 90.9 Å². The molecule has 113 valence electrons. The van der Waals surface area contributed by atoms with Gasteiger partial charge in [-0.05, 0) is 0 Å². The fraction of sp³-hybridized carbons (Fsp3) is 1.00. The van der Waals surface area contributed by atoms with Gasteiger partial charge in [-0.1, -0.05) is 0 Å². The Kier molecular flexibility index (Phi) is 14.6. The van der Waals surface area contributed by atoms with E-state index in [4.69, 9.17) is 0 Å². The number of hydrogen-bond donors (Lipinski definition) is 0. The van der Waals surface area contributed by atoms with Crippen molar-refractivity contribution in [3.05, 3.63) is 0 Å². The van der Waals surface area contributed by atoms with Gasteiger partial charge in [0.05, 0.1) is 0 Å². The Morgan fingerprint density at radius 3 is 1.32 bits per heavy atom. The standard InChI is InChI=1S/C16H34OP.Ti/c1-3-5-7-9-11-13-15-18(17)16-14-12-10-8-6-4-2;/h3-16H2,1-2H3;/q+1;-1. The molecule has 0 aliphatic carbocycles. The molecule has 0 aromatic carbocycles. The van der Waals surface area contributed by atoms with Gasteiger partial charge in [-0.25, -0.2) is 0 Å². The molecule has 0 saturated heterocycles. The zero-order chi connectivity index (χ0) is 14.4. The van der Waals surface area contributed by atoms with Gasteiger partial charge < -0.3 is 0 Å². The zero-order valence-corrected chi connectivity index (χ0v) is 15.7. The quantitative estimate of drug-likeness (QED) is 0.202. The summed E-state index contributed by atoms with van der Waals surface area (Å²) in [7, 11) is 0. The molecule has 0 rings (SSSR count). The predicted molar refractivity (Wildman–Crippen MR) is 84.1 cm³/mol. The van der Waals surface area contributed by atoms with Crippen LogP contribution in [-0.4, -0.2) is 12.3 Å². The average Bonchev–Trinajstić information content (AvgIpc) is 2.38. The van der Waals surface area contributed by atoms with Crippen LogP contribution in [0.15, 0.2) is 0 Å². The molecule has 0 amide bonds. The van der Waals surface area contributed by atoms with Gasteiger partial charge in [0.2, 0.25) is 0 Å². The molecule has 0 aliphatic rings. The summed E-state index contributed by atoms with van der Waals surface area (Å²) in [4.78, 5) is 0. The minimum atomic E-state index is -1.80. The topological polar surface area (TPSA) is 17.1 Å². The summed E-state index contributed by atoms with van der Waals surface area (Å²) in [5.41, 5.74) is 0. The summed E-state index contributed by atoms with van der Waals surface area (Å²) in [5, 5.41) is -1.80. The Morgan fingerprint density at radius 1 is 0.632 bits per heavy atom. The van der Waals surface area contributed by atoms with Gasteiger partial charge in [0.1, 0.15) is 0 Å². The Hall–Kier alpha value is 0.944. The second kappa shape index (κ2) is 13.9. The molecule has 0 spiro atoms. The van der Waals surface area contributed by atoms with E-state index < -0.39 is 5.13 Å². The van der Waals surface area contributed by atoms with Gasteiger partial charge in [0, 0.05) is 0 Å². The van der Waals surface area contributed by atoms with Crippen LogP contribution < -0.4 is 0 Å². The third-order valence-corrected chi connectivity index (χ3v) is 7.92. The molecule has 0 aliphatic heterocycles. The molecule has 3 heteroatoms. The summed E-state index contributed by atoms with van der Waals surface area (Å²) in [6, 6.07) is 0. The first-order valence-corrected chi connectivity index (χ1v) is 12.6. The third-order valence-electron chi connectivity index (χ3n) is 3.75. The van der Waals surface area contributed by atoms with E-state index in [1.165, 1.54) is 77.0 Å². The molecular weight excluding hydrogens is 287 g/mol. The number of rotatable bonds is 14. The van der Waals surface area contributed by atoms with Crippen molar-refractivity contribution in [2.75, 3.05) is 12.3 Å². The van der Waals surface area contributed by atoms with E-state index in [1.54, 1.807) is 0 Å². The van der Waals surface area contributed by atoms with Crippen molar-refractivity contribution in [3.63, 3.8) is 0 Å². The van der Waals surface area contributed by atoms with Crippen LogP contribution in [0.3, 0.4) is 0 Å². The van der Waals surface area contributed by atoms with Crippen LogP contribution in [-0.2, 0) is 24.5 Å². The fourth-order valence-corrected chi connectivity index (χ4v) is 5.58.